The average Bonchev–Trinajstić information content (AvgIpc) is 3.12. The van der Waals surface area contributed by atoms with Crippen molar-refractivity contribution in [1.29, 1.82) is 0 Å². The number of anilines is 1. The Bertz CT molecular complexity index is 1040. The van der Waals surface area contributed by atoms with Crippen LogP contribution >= 0.6 is 0 Å². The number of nitrogens with zero attached hydrogens (tertiary/aromatic N) is 1. The minimum atomic E-state index is -3.55. The van der Waals surface area contributed by atoms with E-state index in [0.717, 1.165) is 17.4 Å². The van der Waals surface area contributed by atoms with Gasteiger partial charge in [0.2, 0.25) is 16.8 Å². The van der Waals surface area contributed by atoms with Crippen molar-refractivity contribution in [2.45, 2.75) is 19.6 Å². The SMILES string of the molecule is Cc1ccc2c(c1)N(S(C)(=O)=O)C[C@H](C(=O)NCc1ccc3c(c1)OCO3)O2. The smallest absolute Gasteiger partial charge is 0.263 e. The predicted octanol–water partition coefficient (Wildman–Crippen LogP) is 1.57. The number of rotatable bonds is 4. The van der Waals surface area contributed by atoms with Gasteiger partial charge in [-0.15, -0.1) is 0 Å². The lowest BCUT2D eigenvalue weighted by molar-refractivity contribution is -0.127. The second-order valence-electron chi connectivity index (χ2n) is 6.78. The van der Waals surface area contributed by atoms with Gasteiger partial charge < -0.3 is 19.5 Å². The van der Waals surface area contributed by atoms with Crippen LogP contribution in [0, 0.1) is 6.92 Å². The highest BCUT2D eigenvalue weighted by atomic mass is 32.2. The minimum absolute atomic E-state index is 0.0811. The van der Waals surface area contributed by atoms with Crippen LogP contribution in [0.2, 0.25) is 0 Å². The van der Waals surface area contributed by atoms with Crippen LogP contribution in [-0.2, 0) is 21.4 Å². The first kappa shape index (κ1) is 18.4. The number of sulfonamides is 1. The summed E-state index contributed by atoms with van der Waals surface area (Å²) in [6.07, 6.45) is 0.172. The molecule has 0 radical (unpaired) electrons. The molecule has 0 saturated carbocycles. The zero-order chi connectivity index (χ0) is 19.9. The second kappa shape index (κ2) is 6.90. The Morgan fingerprint density at radius 3 is 2.68 bits per heavy atom. The third-order valence-corrected chi connectivity index (χ3v) is 5.73. The monoisotopic (exact) mass is 404 g/mol. The van der Waals surface area contributed by atoms with Gasteiger partial charge in [0.25, 0.3) is 5.91 Å². The van der Waals surface area contributed by atoms with Gasteiger partial charge in [-0.3, -0.25) is 9.10 Å². The molecule has 1 atom stereocenters. The molecular weight excluding hydrogens is 384 g/mol. The molecule has 2 heterocycles. The Morgan fingerprint density at radius 1 is 1.14 bits per heavy atom. The average molecular weight is 404 g/mol. The molecule has 148 valence electrons. The van der Waals surface area contributed by atoms with Gasteiger partial charge in [-0.25, -0.2) is 8.42 Å². The summed E-state index contributed by atoms with van der Waals surface area (Å²) >= 11 is 0. The van der Waals surface area contributed by atoms with E-state index in [1.165, 1.54) is 4.31 Å². The van der Waals surface area contributed by atoms with Gasteiger partial charge in [0.1, 0.15) is 5.75 Å². The summed E-state index contributed by atoms with van der Waals surface area (Å²) in [6.45, 7) is 2.23. The summed E-state index contributed by atoms with van der Waals surface area (Å²) in [5, 5.41) is 2.79. The highest BCUT2D eigenvalue weighted by molar-refractivity contribution is 7.92. The third-order valence-electron chi connectivity index (χ3n) is 4.58. The zero-order valence-electron chi connectivity index (χ0n) is 15.5. The summed E-state index contributed by atoms with van der Waals surface area (Å²) in [7, 11) is -3.55. The van der Waals surface area contributed by atoms with Crippen molar-refractivity contribution in [3.8, 4) is 17.2 Å². The molecule has 0 fully saturated rings. The van der Waals surface area contributed by atoms with E-state index in [9.17, 15) is 13.2 Å². The molecule has 8 nitrogen and oxygen atoms in total. The molecule has 0 saturated heterocycles. The van der Waals surface area contributed by atoms with Crippen LogP contribution in [0.15, 0.2) is 36.4 Å². The first-order valence-corrected chi connectivity index (χ1v) is 10.6. The lowest BCUT2D eigenvalue weighted by Crippen LogP contribution is -2.50. The zero-order valence-corrected chi connectivity index (χ0v) is 16.3. The predicted molar refractivity (Wildman–Crippen MR) is 102 cm³/mol. The van der Waals surface area contributed by atoms with Gasteiger partial charge in [-0.05, 0) is 42.3 Å². The van der Waals surface area contributed by atoms with Crippen molar-refractivity contribution in [2.75, 3.05) is 23.9 Å². The topological polar surface area (TPSA) is 94.2 Å². The van der Waals surface area contributed by atoms with E-state index < -0.39 is 22.0 Å². The van der Waals surface area contributed by atoms with Gasteiger partial charge in [-0.2, -0.15) is 0 Å². The molecule has 0 aliphatic carbocycles. The van der Waals surface area contributed by atoms with Crippen LogP contribution in [0.25, 0.3) is 0 Å². The van der Waals surface area contributed by atoms with Crippen molar-refractivity contribution < 1.29 is 27.4 Å². The van der Waals surface area contributed by atoms with E-state index >= 15 is 0 Å². The first-order chi connectivity index (χ1) is 13.3. The fourth-order valence-electron chi connectivity index (χ4n) is 3.17. The van der Waals surface area contributed by atoms with E-state index in [0.29, 0.717) is 22.9 Å². The largest absolute Gasteiger partial charge is 0.476 e. The van der Waals surface area contributed by atoms with Crippen LogP contribution < -0.4 is 23.8 Å². The summed E-state index contributed by atoms with van der Waals surface area (Å²) in [5.74, 6) is 1.28. The van der Waals surface area contributed by atoms with E-state index in [4.69, 9.17) is 14.2 Å². The van der Waals surface area contributed by atoms with Crippen LogP contribution in [0.3, 0.4) is 0 Å². The Labute approximate surface area is 163 Å². The molecule has 2 aromatic rings. The Morgan fingerprint density at radius 2 is 1.89 bits per heavy atom. The summed E-state index contributed by atoms with van der Waals surface area (Å²) in [6, 6.07) is 10.6. The maximum Gasteiger partial charge on any atom is 0.263 e. The Hall–Kier alpha value is -2.94. The Kier molecular flexibility index (Phi) is 4.54. The molecule has 9 heteroatoms. The molecule has 0 bridgehead atoms. The van der Waals surface area contributed by atoms with Crippen LogP contribution in [0.1, 0.15) is 11.1 Å². The lowest BCUT2D eigenvalue weighted by atomic mass is 10.1. The van der Waals surface area contributed by atoms with Crippen LogP contribution in [0.4, 0.5) is 5.69 Å². The summed E-state index contributed by atoms with van der Waals surface area (Å²) < 4.78 is 42.0. The first-order valence-electron chi connectivity index (χ1n) is 8.72. The lowest BCUT2D eigenvalue weighted by Gasteiger charge is -2.34. The van der Waals surface area contributed by atoms with Gasteiger partial charge in [0, 0.05) is 6.54 Å². The standard InChI is InChI=1S/C19H20N2O6S/c1-12-3-5-15-14(7-12)21(28(2,23)24)10-18(27-15)19(22)20-9-13-4-6-16-17(8-13)26-11-25-16/h3-8,18H,9-11H2,1-2H3,(H,20,22)/t18-/m1/s1. The number of nitrogens with one attached hydrogen (secondary N) is 1. The van der Waals surface area contributed by atoms with Crippen molar-refractivity contribution in [2.24, 2.45) is 0 Å². The fourth-order valence-corrected chi connectivity index (χ4v) is 4.07. The highest BCUT2D eigenvalue weighted by Gasteiger charge is 2.35. The normalized spacial score (nSPS) is 17.6. The van der Waals surface area contributed by atoms with Gasteiger partial charge in [0.15, 0.2) is 17.6 Å². The maximum absolute atomic E-state index is 12.6. The summed E-state index contributed by atoms with van der Waals surface area (Å²) in [5.41, 5.74) is 2.19. The number of hydrogen-bond donors (Lipinski definition) is 1. The van der Waals surface area contributed by atoms with Crippen molar-refractivity contribution in [3.63, 3.8) is 0 Å². The minimum Gasteiger partial charge on any atom is -0.476 e. The van der Waals surface area contributed by atoms with Crippen LogP contribution in [-0.4, -0.2) is 40.0 Å². The molecule has 0 unspecified atom stereocenters. The number of carbonyl (C=O) groups is 1. The van der Waals surface area contributed by atoms with Gasteiger partial charge in [-0.1, -0.05) is 12.1 Å². The Balaban J connectivity index is 1.49. The maximum atomic E-state index is 12.6. The van der Waals surface area contributed by atoms with Crippen LogP contribution in [0.5, 0.6) is 17.2 Å². The number of ether oxygens (including phenoxy) is 3. The third kappa shape index (κ3) is 3.57. The molecule has 2 aliphatic rings. The molecule has 4 rings (SSSR count). The molecule has 2 aliphatic heterocycles. The molecule has 2 aromatic carbocycles. The van der Waals surface area contributed by atoms with E-state index in [-0.39, 0.29) is 19.9 Å². The number of carbonyl (C=O) groups excluding carboxylic acids is 1. The molecule has 0 aromatic heterocycles. The second-order valence-corrected chi connectivity index (χ2v) is 8.68. The summed E-state index contributed by atoms with van der Waals surface area (Å²) in [4.78, 5) is 12.6. The number of hydrogen-bond acceptors (Lipinski definition) is 6. The van der Waals surface area contributed by atoms with Crippen molar-refractivity contribution >= 4 is 21.6 Å². The number of aryl methyl sites for hydroxylation is 1. The molecule has 1 N–H and O–H groups in total. The number of amides is 1. The number of benzene rings is 2. The van der Waals surface area contributed by atoms with Crippen molar-refractivity contribution in [3.05, 3.63) is 47.5 Å². The quantitative estimate of drug-likeness (QED) is 0.831. The molecular formula is C19H20N2O6S. The van der Waals surface area contributed by atoms with Gasteiger partial charge in [0.05, 0.1) is 18.5 Å². The fraction of sp³-hybridized carbons (Fsp3) is 0.316. The van der Waals surface area contributed by atoms with E-state index in [1.807, 2.05) is 19.1 Å². The van der Waals surface area contributed by atoms with Gasteiger partial charge >= 0.3 is 0 Å². The molecule has 28 heavy (non-hydrogen) atoms. The van der Waals surface area contributed by atoms with E-state index in [2.05, 4.69) is 5.32 Å². The molecule has 1 amide bonds. The molecule has 0 spiro atoms. The van der Waals surface area contributed by atoms with Crippen molar-refractivity contribution in [1.82, 2.24) is 5.32 Å². The van der Waals surface area contributed by atoms with E-state index in [1.54, 1.807) is 24.3 Å². The highest BCUT2D eigenvalue weighted by Crippen LogP contribution is 2.36. The number of fused-ring (bicyclic) bond motifs is 2.